The Bertz CT molecular complexity index is 744. The zero-order valence-corrected chi connectivity index (χ0v) is 13.7. The summed E-state index contributed by atoms with van der Waals surface area (Å²) in [5.74, 6) is 0.166. The van der Waals surface area contributed by atoms with Gasteiger partial charge in [-0.1, -0.05) is 30.3 Å². The Kier molecular flexibility index (Phi) is 4.79. The molecular weight excluding hydrogens is 302 g/mol. The molecule has 1 aliphatic heterocycles. The fraction of sp³-hybridized carbons (Fsp3) is 0.263. The van der Waals surface area contributed by atoms with E-state index < -0.39 is 0 Å². The van der Waals surface area contributed by atoms with Gasteiger partial charge in [-0.05, 0) is 42.7 Å². The number of hydrogen-bond acceptors (Lipinski definition) is 2. The molecule has 5 heteroatoms. The van der Waals surface area contributed by atoms with Gasteiger partial charge in [0, 0.05) is 30.9 Å². The molecule has 24 heavy (non-hydrogen) atoms. The smallest absolute Gasteiger partial charge is 0.319 e. The molecule has 124 valence electrons. The number of hydrogen-bond donors (Lipinski definition) is 2. The molecule has 0 aliphatic carbocycles. The number of aryl methyl sites for hydroxylation is 1. The Morgan fingerprint density at radius 1 is 1.17 bits per heavy atom. The highest BCUT2D eigenvalue weighted by molar-refractivity contribution is 5.96. The van der Waals surface area contributed by atoms with Crippen LogP contribution in [0, 0.1) is 6.92 Å². The van der Waals surface area contributed by atoms with E-state index in [2.05, 4.69) is 10.6 Å². The largest absolute Gasteiger partial charge is 0.334 e. The van der Waals surface area contributed by atoms with E-state index in [0.29, 0.717) is 18.7 Å². The zero-order chi connectivity index (χ0) is 16.9. The predicted molar refractivity (Wildman–Crippen MR) is 95.1 cm³/mol. The average Bonchev–Trinajstić information content (AvgIpc) is 3.00. The molecule has 0 saturated carbocycles. The van der Waals surface area contributed by atoms with Crippen LogP contribution < -0.4 is 15.5 Å². The van der Waals surface area contributed by atoms with Gasteiger partial charge in [0.1, 0.15) is 0 Å². The molecule has 0 atom stereocenters. The van der Waals surface area contributed by atoms with Crippen molar-refractivity contribution >= 4 is 23.3 Å². The van der Waals surface area contributed by atoms with Crippen molar-refractivity contribution in [2.24, 2.45) is 0 Å². The van der Waals surface area contributed by atoms with Gasteiger partial charge >= 0.3 is 6.03 Å². The second-order valence-electron chi connectivity index (χ2n) is 5.94. The third-order valence-corrected chi connectivity index (χ3v) is 4.11. The predicted octanol–water partition coefficient (Wildman–Crippen LogP) is 3.44. The SMILES string of the molecule is Cc1cc(NC(=O)NCc2ccccc2)ccc1N1CCCC1=O. The van der Waals surface area contributed by atoms with Gasteiger partial charge in [0.25, 0.3) is 0 Å². The zero-order valence-electron chi connectivity index (χ0n) is 13.7. The van der Waals surface area contributed by atoms with Crippen molar-refractivity contribution in [2.45, 2.75) is 26.3 Å². The molecule has 0 radical (unpaired) electrons. The first-order valence-electron chi connectivity index (χ1n) is 8.13. The van der Waals surface area contributed by atoms with E-state index >= 15 is 0 Å². The number of amides is 3. The van der Waals surface area contributed by atoms with Crippen LogP contribution in [0.1, 0.15) is 24.0 Å². The van der Waals surface area contributed by atoms with Crippen LogP contribution in [0.3, 0.4) is 0 Å². The molecule has 1 heterocycles. The van der Waals surface area contributed by atoms with Crippen LogP contribution in [0.15, 0.2) is 48.5 Å². The van der Waals surface area contributed by atoms with Crippen molar-refractivity contribution in [3.63, 3.8) is 0 Å². The molecule has 0 unspecified atom stereocenters. The highest BCUT2D eigenvalue weighted by atomic mass is 16.2. The Balaban J connectivity index is 1.60. The number of nitrogens with zero attached hydrogens (tertiary/aromatic N) is 1. The molecule has 1 saturated heterocycles. The molecular formula is C19H21N3O2. The van der Waals surface area contributed by atoms with Crippen LogP contribution in [-0.2, 0) is 11.3 Å². The summed E-state index contributed by atoms with van der Waals surface area (Å²) >= 11 is 0. The summed E-state index contributed by atoms with van der Waals surface area (Å²) in [4.78, 5) is 25.7. The minimum Gasteiger partial charge on any atom is -0.334 e. The minimum absolute atomic E-state index is 0.166. The van der Waals surface area contributed by atoms with E-state index in [1.165, 1.54) is 0 Å². The Labute approximate surface area is 141 Å². The molecule has 1 aliphatic rings. The first-order valence-corrected chi connectivity index (χ1v) is 8.13. The second kappa shape index (κ2) is 7.17. The highest BCUT2D eigenvalue weighted by Crippen LogP contribution is 2.27. The molecule has 3 rings (SSSR count). The number of rotatable bonds is 4. The lowest BCUT2D eigenvalue weighted by Gasteiger charge is -2.19. The van der Waals surface area contributed by atoms with E-state index in [-0.39, 0.29) is 11.9 Å². The van der Waals surface area contributed by atoms with Crippen molar-refractivity contribution in [1.82, 2.24) is 5.32 Å². The lowest BCUT2D eigenvalue weighted by Crippen LogP contribution is -2.28. The van der Waals surface area contributed by atoms with Crippen molar-refractivity contribution in [1.29, 1.82) is 0 Å². The van der Waals surface area contributed by atoms with Crippen LogP contribution in [-0.4, -0.2) is 18.5 Å². The van der Waals surface area contributed by atoms with Crippen LogP contribution in [0.4, 0.5) is 16.2 Å². The molecule has 0 aromatic heterocycles. The monoisotopic (exact) mass is 323 g/mol. The first-order chi connectivity index (χ1) is 11.6. The van der Waals surface area contributed by atoms with E-state index in [1.54, 1.807) is 0 Å². The van der Waals surface area contributed by atoms with Gasteiger partial charge in [0.05, 0.1) is 0 Å². The molecule has 1 fully saturated rings. The fourth-order valence-corrected chi connectivity index (χ4v) is 2.89. The summed E-state index contributed by atoms with van der Waals surface area (Å²) in [5.41, 5.74) is 3.67. The van der Waals surface area contributed by atoms with Crippen molar-refractivity contribution < 1.29 is 9.59 Å². The van der Waals surface area contributed by atoms with Gasteiger partial charge in [0.2, 0.25) is 5.91 Å². The molecule has 0 bridgehead atoms. The van der Waals surface area contributed by atoms with Gasteiger partial charge in [0.15, 0.2) is 0 Å². The Morgan fingerprint density at radius 3 is 2.62 bits per heavy atom. The summed E-state index contributed by atoms with van der Waals surface area (Å²) in [6.07, 6.45) is 1.52. The number of carbonyl (C=O) groups is 2. The first kappa shape index (κ1) is 16.1. The number of urea groups is 1. The quantitative estimate of drug-likeness (QED) is 0.905. The van der Waals surface area contributed by atoms with E-state index in [0.717, 1.165) is 29.8 Å². The van der Waals surface area contributed by atoms with Gasteiger partial charge in [-0.25, -0.2) is 4.79 Å². The van der Waals surface area contributed by atoms with Gasteiger partial charge in [-0.2, -0.15) is 0 Å². The summed E-state index contributed by atoms with van der Waals surface area (Å²) < 4.78 is 0. The van der Waals surface area contributed by atoms with Crippen LogP contribution >= 0.6 is 0 Å². The second-order valence-corrected chi connectivity index (χ2v) is 5.94. The highest BCUT2D eigenvalue weighted by Gasteiger charge is 2.22. The normalized spacial score (nSPS) is 13.9. The van der Waals surface area contributed by atoms with Crippen molar-refractivity contribution in [3.05, 3.63) is 59.7 Å². The average molecular weight is 323 g/mol. The van der Waals surface area contributed by atoms with Gasteiger partial charge in [-0.15, -0.1) is 0 Å². The maximum absolute atomic E-state index is 12.0. The summed E-state index contributed by atoms with van der Waals surface area (Å²) in [7, 11) is 0. The van der Waals surface area contributed by atoms with Crippen molar-refractivity contribution in [3.8, 4) is 0 Å². The molecule has 3 amide bonds. The maximum Gasteiger partial charge on any atom is 0.319 e. The lowest BCUT2D eigenvalue weighted by molar-refractivity contribution is -0.117. The fourth-order valence-electron chi connectivity index (χ4n) is 2.89. The lowest BCUT2D eigenvalue weighted by atomic mass is 10.1. The standard InChI is InChI=1S/C19H21N3O2/c1-14-12-16(9-10-17(14)22-11-5-8-18(22)23)21-19(24)20-13-15-6-3-2-4-7-15/h2-4,6-7,9-10,12H,5,8,11,13H2,1H3,(H2,20,21,24). The number of anilines is 2. The Morgan fingerprint density at radius 2 is 1.96 bits per heavy atom. The Hall–Kier alpha value is -2.82. The summed E-state index contributed by atoms with van der Waals surface area (Å²) in [6.45, 7) is 3.20. The van der Waals surface area contributed by atoms with Crippen molar-refractivity contribution in [2.75, 3.05) is 16.8 Å². The molecule has 2 aromatic carbocycles. The van der Waals surface area contributed by atoms with Crippen LogP contribution in [0.2, 0.25) is 0 Å². The maximum atomic E-state index is 12.0. The number of benzene rings is 2. The van der Waals surface area contributed by atoms with Crippen LogP contribution in [0.5, 0.6) is 0 Å². The van der Waals surface area contributed by atoms with E-state index in [9.17, 15) is 9.59 Å². The van der Waals surface area contributed by atoms with E-state index in [1.807, 2.05) is 60.4 Å². The summed E-state index contributed by atoms with van der Waals surface area (Å²) in [5, 5.41) is 5.66. The topological polar surface area (TPSA) is 61.4 Å². The number of carbonyl (C=O) groups excluding carboxylic acids is 2. The van der Waals surface area contributed by atoms with Gasteiger partial charge < -0.3 is 15.5 Å². The minimum atomic E-state index is -0.247. The van der Waals surface area contributed by atoms with Gasteiger partial charge in [-0.3, -0.25) is 4.79 Å². The molecule has 2 aromatic rings. The third kappa shape index (κ3) is 3.74. The molecule has 0 spiro atoms. The summed E-state index contributed by atoms with van der Waals surface area (Å²) in [6, 6.07) is 15.1. The molecule has 2 N–H and O–H groups in total. The molecule has 5 nitrogen and oxygen atoms in total. The number of nitrogens with one attached hydrogen (secondary N) is 2. The third-order valence-electron chi connectivity index (χ3n) is 4.11. The van der Waals surface area contributed by atoms with E-state index in [4.69, 9.17) is 0 Å². The van der Waals surface area contributed by atoms with Crippen LogP contribution in [0.25, 0.3) is 0 Å².